The van der Waals surface area contributed by atoms with Crippen LogP contribution in [0.15, 0.2) is 48.8 Å². The van der Waals surface area contributed by atoms with Crippen LogP contribution in [0.1, 0.15) is 105 Å². The van der Waals surface area contributed by atoms with Gasteiger partial charge in [-0.3, -0.25) is 29.2 Å². The second kappa shape index (κ2) is 19.1. The Balaban J connectivity index is 0.765. The Hall–Kier alpha value is -6.34. The quantitative estimate of drug-likeness (QED) is 0.0750. The molecule has 5 heterocycles. The average Bonchev–Trinajstić information content (AvgIpc) is 4.06. The van der Waals surface area contributed by atoms with E-state index in [2.05, 4.69) is 54.9 Å². The summed E-state index contributed by atoms with van der Waals surface area (Å²) >= 11 is 0. The summed E-state index contributed by atoms with van der Waals surface area (Å²) in [5.74, 6) is 7.52. The number of anilines is 4. The zero-order valence-corrected chi connectivity index (χ0v) is 35.8. The molecular formula is C46H55N11O5. The highest BCUT2D eigenvalue weighted by atomic mass is 16.5. The second-order valence-corrected chi connectivity index (χ2v) is 16.4. The molecule has 2 aromatic carbocycles. The fourth-order valence-corrected chi connectivity index (χ4v) is 9.07. The molecule has 3 N–H and O–H groups in total. The Morgan fingerprint density at radius 2 is 1.84 bits per heavy atom. The normalized spacial score (nSPS) is 18.7. The summed E-state index contributed by atoms with van der Waals surface area (Å²) in [5.41, 5.74) is 5.32. The van der Waals surface area contributed by atoms with Crippen molar-refractivity contribution in [2.75, 3.05) is 42.4 Å². The zero-order valence-electron chi connectivity index (χ0n) is 35.8. The van der Waals surface area contributed by atoms with E-state index in [0.29, 0.717) is 43.1 Å². The predicted octanol–water partition coefficient (Wildman–Crippen LogP) is 5.34. The van der Waals surface area contributed by atoms with E-state index in [9.17, 15) is 19.2 Å². The Bertz CT molecular complexity index is 2380. The third-order valence-corrected chi connectivity index (χ3v) is 12.4. The van der Waals surface area contributed by atoms with Gasteiger partial charge in [-0.1, -0.05) is 61.8 Å². The van der Waals surface area contributed by atoms with Crippen LogP contribution in [0.5, 0.6) is 5.75 Å². The third-order valence-electron chi connectivity index (χ3n) is 12.4. The number of carbonyl (C=O) groups excluding carboxylic acids is 4. The molecular weight excluding hydrogens is 787 g/mol. The predicted molar refractivity (Wildman–Crippen MR) is 235 cm³/mol. The number of ether oxygens (including phenoxy) is 1. The number of rotatable bonds is 16. The number of nitrogens with zero attached hydrogens (tertiary/aromatic N) is 8. The number of aryl methyl sites for hydroxylation is 1. The number of methoxy groups -OCH3 is 1. The number of hydrogen-bond donors (Lipinski definition) is 3. The van der Waals surface area contributed by atoms with Gasteiger partial charge in [0.1, 0.15) is 29.2 Å². The van der Waals surface area contributed by atoms with Gasteiger partial charge in [0.15, 0.2) is 5.82 Å². The molecule has 2 atom stereocenters. The van der Waals surface area contributed by atoms with E-state index in [-0.39, 0.29) is 36.2 Å². The van der Waals surface area contributed by atoms with Gasteiger partial charge in [-0.15, -0.1) is 5.10 Å². The summed E-state index contributed by atoms with van der Waals surface area (Å²) in [6.07, 6.45) is 14.3. The molecule has 0 radical (unpaired) electrons. The van der Waals surface area contributed by atoms with E-state index >= 15 is 0 Å². The highest BCUT2D eigenvalue weighted by Gasteiger charge is 2.42. The van der Waals surface area contributed by atoms with Gasteiger partial charge in [-0.05, 0) is 74.9 Å². The molecule has 4 aliphatic rings. The molecule has 8 rings (SSSR count). The van der Waals surface area contributed by atoms with Crippen molar-refractivity contribution in [2.45, 2.75) is 115 Å². The van der Waals surface area contributed by atoms with Crippen LogP contribution in [0.25, 0.3) is 11.3 Å². The summed E-state index contributed by atoms with van der Waals surface area (Å²) in [7, 11) is 3.44. The molecule has 4 aromatic rings. The van der Waals surface area contributed by atoms with Gasteiger partial charge < -0.3 is 30.1 Å². The molecule has 62 heavy (non-hydrogen) atoms. The third kappa shape index (κ3) is 8.99. The molecule has 2 fully saturated rings. The maximum Gasteiger partial charge on any atom is 0.255 e. The van der Waals surface area contributed by atoms with Crippen LogP contribution >= 0.6 is 0 Å². The summed E-state index contributed by atoms with van der Waals surface area (Å²) in [6.45, 7) is 4.84. The van der Waals surface area contributed by atoms with Crippen LogP contribution in [0.2, 0.25) is 0 Å². The Morgan fingerprint density at radius 1 is 1.00 bits per heavy atom. The first kappa shape index (κ1) is 42.4. The van der Waals surface area contributed by atoms with Crippen LogP contribution in [-0.4, -0.2) is 98.9 Å². The van der Waals surface area contributed by atoms with Crippen molar-refractivity contribution in [1.29, 1.82) is 0 Å². The van der Waals surface area contributed by atoms with E-state index in [1.165, 1.54) is 0 Å². The molecule has 324 valence electrons. The first-order chi connectivity index (χ1) is 30.2. The molecule has 4 amide bonds. The molecule has 3 aliphatic heterocycles. The minimum atomic E-state index is -0.637. The lowest BCUT2D eigenvalue weighted by Crippen LogP contribution is -2.55. The maximum atomic E-state index is 13.3. The number of piperidine rings is 1. The fourth-order valence-electron chi connectivity index (χ4n) is 9.07. The van der Waals surface area contributed by atoms with Crippen molar-refractivity contribution in [3.8, 4) is 28.8 Å². The van der Waals surface area contributed by atoms with E-state index in [0.717, 1.165) is 111 Å². The zero-order chi connectivity index (χ0) is 43.2. The first-order valence-electron chi connectivity index (χ1n) is 22.0. The monoisotopic (exact) mass is 841 g/mol. The number of imide groups is 1. The lowest BCUT2D eigenvalue weighted by Gasteiger charge is -2.43. The number of likely N-dealkylation sites (N-methyl/N-ethyl adjacent to an activating group) is 1. The van der Waals surface area contributed by atoms with Crippen molar-refractivity contribution < 1.29 is 23.9 Å². The average molecular weight is 842 g/mol. The molecule has 16 heteroatoms. The van der Waals surface area contributed by atoms with Gasteiger partial charge in [0.25, 0.3) is 5.91 Å². The summed E-state index contributed by atoms with van der Waals surface area (Å²) < 4.78 is 7.68. The summed E-state index contributed by atoms with van der Waals surface area (Å²) in [6, 6.07) is 10.8. The number of carbonyl (C=O) groups is 4. The molecule has 1 aliphatic carbocycles. The van der Waals surface area contributed by atoms with Crippen LogP contribution in [0.4, 0.5) is 23.1 Å². The minimum absolute atomic E-state index is 0.0877. The highest BCUT2D eigenvalue weighted by molar-refractivity contribution is 6.06. The van der Waals surface area contributed by atoms with Gasteiger partial charge in [-0.2, -0.15) is 4.98 Å². The van der Waals surface area contributed by atoms with Crippen molar-refractivity contribution in [1.82, 2.24) is 40.5 Å². The van der Waals surface area contributed by atoms with Gasteiger partial charge in [-0.25, -0.2) is 4.98 Å². The highest BCUT2D eigenvalue weighted by Crippen LogP contribution is 2.41. The number of benzene rings is 2. The van der Waals surface area contributed by atoms with Crippen molar-refractivity contribution in [2.24, 2.45) is 0 Å². The summed E-state index contributed by atoms with van der Waals surface area (Å²) in [5, 5.41) is 18.0. The van der Waals surface area contributed by atoms with E-state index in [4.69, 9.17) is 9.72 Å². The summed E-state index contributed by atoms with van der Waals surface area (Å²) in [4.78, 5) is 65.4. The number of nitrogens with one attached hydrogen (secondary N) is 3. The van der Waals surface area contributed by atoms with Crippen LogP contribution in [0.3, 0.4) is 0 Å². The van der Waals surface area contributed by atoms with Crippen molar-refractivity contribution in [3.63, 3.8) is 0 Å². The Kier molecular flexibility index (Phi) is 13.1. The molecule has 1 unspecified atom stereocenters. The number of amides is 4. The molecule has 0 bridgehead atoms. The topological polar surface area (TPSA) is 180 Å². The van der Waals surface area contributed by atoms with Crippen LogP contribution in [0, 0.1) is 11.8 Å². The van der Waals surface area contributed by atoms with Crippen LogP contribution < -0.4 is 30.5 Å². The second-order valence-electron chi connectivity index (χ2n) is 16.4. The number of aromatic nitrogens is 5. The first-order valence-corrected chi connectivity index (χ1v) is 22.0. The molecule has 16 nitrogen and oxygen atoms in total. The standard InChI is InChI=1S/C46H55N11O5/c1-4-37-45(61)54(2)39-27-48-46(51-42(39)57(37)32-16-7-8-17-32)49-35-20-19-31(26-40(35)62-3)36-29-55(53-52-36)25-12-6-5-10-23-47-24-11-9-14-30-15-13-18-33-34(30)28-56(44(33)60)38-21-22-41(58)50-43(38)59/h13,15,18-20,26-27,29,32,37-38,47H,4-8,10-12,16-17,21-25,28H2,1-3H3,(H,48,49,51)(H,50,58,59)/t37-,38?/m1/s1. The van der Waals surface area contributed by atoms with Crippen molar-refractivity contribution in [3.05, 3.63) is 65.5 Å². The smallest absolute Gasteiger partial charge is 0.255 e. The van der Waals surface area contributed by atoms with Crippen LogP contribution in [-0.2, 0) is 27.5 Å². The van der Waals surface area contributed by atoms with E-state index in [1.807, 2.05) is 41.2 Å². The number of hydrogen-bond acceptors (Lipinski definition) is 12. The Morgan fingerprint density at radius 3 is 2.65 bits per heavy atom. The fraction of sp³-hybridized carbons (Fsp3) is 0.478. The van der Waals surface area contributed by atoms with E-state index < -0.39 is 11.9 Å². The molecule has 2 aromatic heterocycles. The van der Waals surface area contributed by atoms with Gasteiger partial charge >= 0.3 is 0 Å². The minimum Gasteiger partial charge on any atom is -0.495 e. The van der Waals surface area contributed by atoms with Gasteiger partial charge in [0, 0.05) is 62.3 Å². The molecule has 1 saturated carbocycles. The Labute approximate surface area is 362 Å². The SMILES string of the molecule is CC[C@@H]1C(=O)N(C)c2cnc(Nc3ccc(-c4cn(CCCCCCNCCC#Cc5cccc6c5CN(C5CCC(=O)NC5=O)C6=O)nn4)cc3OC)nc2N1C1CCCC1. The number of fused-ring (bicyclic) bond motifs is 2. The lowest BCUT2D eigenvalue weighted by atomic mass is 10.0. The molecule has 1 saturated heterocycles. The molecule has 0 spiro atoms. The van der Waals surface area contributed by atoms with Crippen molar-refractivity contribution >= 4 is 46.8 Å². The number of unbranched alkanes of at least 4 members (excludes halogenated alkanes) is 3. The maximum absolute atomic E-state index is 13.3. The van der Waals surface area contributed by atoms with Gasteiger partial charge in [0.2, 0.25) is 23.7 Å². The van der Waals surface area contributed by atoms with E-state index in [1.54, 1.807) is 36.2 Å². The largest absolute Gasteiger partial charge is 0.495 e. The van der Waals surface area contributed by atoms with Gasteiger partial charge in [0.05, 0.1) is 25.2 Å². The lowest BCUT2D eigenvalue weighted by molar-refractivity contribution is -0.137.